The predicted molar refractivity (Wildman–Crippen MR) is 192 cm³/mol. The molecule has 14 heteroatoms. The van der Waals surface area contributed by atoms with Gasteiger partial charge in [-0.05, 0) is 96.0 Å². The van der Waals surface area contributed by atoms with Crippen molar-refractivity contribution in [3.8, 4) is 11.5 Å². The summed E-state index contributed by atoms with van der Waals surface area (Å²) in [4.78, 5) is 59.6. The molecule has 4 amide bonds. The Labute approximate surface area is 308 Å². The van der Waals surface area contributed by atoms with Crippen molar-refractivity contribution in [2.45, 2.75) is 24.2 Å². The van der Waals surface area contributed by atoms with Crippen LogP contribution in [0, 0.1) is 29.5 Å². The van der Waals surface area contributed by atoms with E-state index in [1.165, 1.54) is 55.6 Å². The van der Waals surface area contributed by atoms with Gasteiger partial charge < -0.3 is 19.9 Å². The highest BCUT2D eigenvalue weighted by Gasteiger charge is 2.70. The number of hydrogen-bond donors (Lipinski definition) is 4. The molecule has 4 aliphatic rings. The van der Waals surface area contributed by atoms with Gasteiger partial charge >= 0.3 is 7.12 Å². The Hall–Kier alpha value is -5.50. The molecule has 4 N–H and O–H groups in total. The van der Waals surface area contributed by atoms with Crippen molar-refractivity contribution in [2.24, 2.45) is 23.7 Å². The number of halogens is 2. The monoisotopic (exact) mass is 735 g/mol. The van der Waals surface area contributed by atoms with Gasteiger partial charge in [-0.25, -0.2) is 4.39 Å². The minimum atomic E-state index is -1.82. The molecule has 2 aliphatic carbocycles. The quantitative estimate of drug-likeness (QED) is 0.125. The van der Waals surface area contributed by atoms with Gasteiger partial charge in [0.2, 0.25) is 11.8 Å². The van der Waals surface area contributed by atoms with Gasteiger partial charge in [0.05, 0.1) is 41.7 Å². The number of hydrogen-bond acceptors (Lipinski definition) is 9. The first kappa shape index (κ1) is 34.6. The minimum absolute atomic E-state index is 0.0166. The Balaban J connectivity index is 1.31. The van der Waals surface area contributed by atoms with Crippen LogP contribution in [-0.2, 0) is 24.6 Å². The van der Waals surface area contributed by atoms with Gasteiger partial charge in [-0.3, -0.25) is 29.5 Å². The number of aromatic hydroxyl groups is 1. The standard InChI is InChI=1S/C39H32BClFN3O8/c1-53-32-16-5-20(17-31(32)46)34-27-14-15-28-33(37(49)44(35(28)47)26-4-2-3-22(18-26)40(51)52)29(27)19-30-36(48)45(43-25-12-10-24(42)11-13-25)38(50)39(30,34)21-6-8-23(41)9-7-21/h2-14,16-18,28-30,33-34,43,46,51-52H,15,19H2,1H3. The van der Waals surface area contributed by atoms with E-state index in [1.807, 2.05) is 6.08 Å². The van der Waals surface area contributed by atoms with Crippen LogP contribution in [0.5, 0.6) is 11.5 Å². The zero-order valence-electron chi connectivity index (χ0n) is 28.1. The van der Waals surface area contributed by atoms with Crippen LogP contribution in [0.15, 0.2) is 103 Å². The van der Waals surface area contributed by atoms with Crippen molar-refractivity contribution in [1.29, 1.82) is 0 Å². The van der Waals surface area contributed by atoms with Crippen LogP contribution in [0.2, 0.25) is 5.02 Å². The molecule has 1 saturated carbocycles. The summed E-state index contributed by atoms with van der Waals surface area (Å²) in [6.45, 7) is 0. The number of allylic oxidation sites excluding steroid dienone is 2. The third kappa shape index (κ3) is 5.25. The molecule has 8 rings (SSSR count). The van der Waals surface area contributed by atoms with E-state index in [9.17, 15) is 33.9 Å². The Bertz CT molecular complexity index is 2220. The molecule has 4 aromatic carbocycles. The zero-order valence-corrected chi connectivity index (χ0v) is 28.9. The summed E-state index contributed by atoms with van der Waals surface area (Å²) in [6, 6.07) is 22.5. The van der Waals surface area contributed by atoms with Crippen molar-refractivity contribution < 1.29 is 43.5 Å². The number of amides is 4. The van der Waals surface area contributed by atoms with Crippen molar-refractivity contribution in [2.75, 3.05) is 17.4 Å². The number of carbonyl (C=O) groups is 4. The van der Waals surface area contributed by atoms with Crippen molar-refractivity contribution in [1.82, 2.24) is 5.01 Å². The Morgan fingerprint density at radius 2 is 1.64 bits per heavy atom. The van der Waals surface area contributed by atoms with Crippen LogP contribution < -0.4 is 20.5 Å². The maximum Gasteiger partial charge on any atom is 0.488 e. The van der Waals surface area contributed by atoms with Crippen molar-refractivity contribution >= 4 is 59.2 Å². The lowest BCUT2D eigenvalue weighted by Gasteiger charge is -2.50. The summed E-state index contributed by atoms with van der Waals surface area (Å²) in [5, 5.41) is 32.0. The summed E-state index contributed by atoms with van der Waals surface area (Å²) in [6.07, 6.45) is 2.05. The first-order valence-corrected chi connectivity index (χ1v) is 17.4. The van der Waals surface area contributed by atoms with E-state index in [0.29, 0.717) is 21.7 Å². The second kappa shape index (κ2) is 12.9. The molecule has 0 spiro atoms. The molecule has 6 atom stereocenters. The highest BCUT2D eigenvalue weighted by molar-refractivity contribution is 6.58. The molecule has 0 radical (unpaired) electrons. The van der Waals surface area contributed by atoms with Crippen molar-refractivity contribution in [3.05, 3.63) is 125 Å². The molecule has 2 heterocycles. The number of methoxy groups -OCH3 is 1. The fourth-order valence-corrected chi connectivity index (χ4v) is 9.12. The topological polar surface area (TPSA) is 157 Å². The number of anilines is 2. The van der Waals surface area contributed by atoms with Gasteiger partial charge in [0.15, 0.2) is 11.5 Å². The van der Waals surface area contributed by atoms with E-state index in [-0.39, 0.29) is 41.2 Å². The molecular weight excluding hydrogens is 704 g/mol. The van der Waals surface area contributed by atoms with E-state index < -0.39 is 71.6 Å². The molecule has 0 aromatic heterocycles. The second-order valence-electron chi connectivity index (χ2n) is 13.8. The van der Waals surface area contributed by atoms with Crippen LogP contribution >= 0.6 is 11.6 Å². The maximum atomic E-state index is 15.2. The van der Waals surface area contributed by atoms with Crippen LogP contribution in [-0.4, -0.2) is 58.0 Å². The molecule has 2 aliphatic heterocycles. The molecule has 268 valence electrons. The number of nitrogens with one attached hydrogen (secondary N) is 1. The predicted octanol–water partition coefficient (Wildman–Crippen LogP) is 4.06. The van der Waals surface area contributed by atoms with Crippen LogP contribution in [0.3, 0.4) is 0 Å². The second-order valence-corrected chi connectivity index (χ2v) is 14.2. The molecule has 11 nitrogen and oxygen atoms in total. The van der Waals surface area contributed by atoms with Crippen LogP contribution in [0.4, 0.5) is 15.8 Å². The number of nitrogens with zero attached hydrogens (tertiary/aromatic N) is 2. The third-order valence-electron chi connectivity index (χ3n) is 11.2. The lowest BCUT2D eigenvalue weighted by Crippen LogP contribution is -2.53. The smallest absolute Gasteiger partial charge is 0.488 e. The Morgan fingerprint density at radius 1 is 0.906 bits per heavy atom. The van der Waals surface area contributed by atoms with Gasteiger partial charge in [0.1, 0.15) is 5.82 Å². The summed E-state index contributed by atoms with van der Waals surface area (Å²) in [7, 11) is -0.416. The van der Waals surface area contributed by atoms with E-state index >= 15 is 4.79 Å². The number of rotatable bonds is 7. The Morgan fingerprint density at radius 3 is 2.32 bits per heavy atom. The minimum Gasteiger partial charge on any atom is -0.504 e. The average molecular weight is 736 g/mol. The van der Waals surface area contributed by atoms with Crippen LogP contribution in [0.1, 0.15) is 29.9 Å². The fourth-order valence-electron chi connectivity index (χ4n) is 9.00. The summed E-state index contributed by atoms with van der Waals surface area (Å²) < 4.78 is 19.2. The lowest BCUT2D eigenvalue weighted by molar-refractivity contribution is -0.138. The third-order valence-corrected chi connectivity index (χ3v) is 11.5. The van der Waals surface area contributed by atoms with Gasteiger partial charge in [0.25, 0.3) is 11.8 Å². The number of phenolic OH excluding ortho intramolecular Hbond substituents is 1. The molecule has 2 saturated heterocycles. The number of fused-ring (bicyclic) bond motifs is 4. The fraction of sp³-hybridized carbons (Fsp3) is 0.231. The van der Waals surface area contributed by atoms with Crippen molar-refractivity contribution in [3.63, 3.8) is 0 Å². The highest BCUT2D eigenvalue weighted by atomic mass is 35.5. The summed E-state index contributed by atoms with van der Waals surface area (Å²) >= 11 is 6.34. The zero-order chi connectivity index (χ0) is 37.3. The summed E-state index contributed by atoms with van der Waals surface area (Å²) in [5.74, 6) is -7.06. The lowest BCUT2D eigenvalue weighted by atomic mass is 9.49. The highest BCUT2D eigenvalue weighted by Crippen LogP contribution is 2.64. The normalized spacial score (nSPS) is 26.2. The molecule has 6 unspecified atom stereocenters. The number of phenols is 1. The Kier molecular flexibility index (Phi) is 8.40. The van der Waals surface area contributed by atoms with E-state index in [1.54, 1.807) is 42.5 Å². The van der Waals surface area contributed by atoms with Gasteiger partial charge in [-0.2, -0.15) is 5.01 Å². The maximum absolute atomic E-state index is 15.2. The number of benzene rings is 4. The van der Waals surface area contributed by atoms with Crippen LogP contribution in [0.25, 0.3) is 0 Å². The molecule has 3 fully saturated rings. The average Bonchev–Trinajstić information content (AvgIpc) is 3.53. The molecule has 0 bridgehead atoms. The summed E-state index contributed by atoms with van der Waals surface area (Å²) in [5.41, 5.74) is 3.47. The number of carbonyl (C=O) groups excluding carboxylic acids is 4. The van der Waals surface area contributed by atoms with E-state index in [0.717, 1.165) is 9.91 Å². The largest absolute Gasteiger partial charge is 0.504 e. The van der Waals surface area contributed by atoms with Gasteiger partial charge in [-0.15, -0.1) is 0 Å². The van der Waals surface area contributed by atoms with Gasteiger partial charge in [-0.1, -0.05) is 53.6 Å². The van der Waals surface area contributed by atoms with E-state index in [2.05, 4.69) is 5.43 Å². The van der Waals surface area contributed by atoms with Gasteiger partial charge in [0, 0.05) is 10.9 Å². The molecular formula is C39H32BClFN3O8. The number of ether oxygens (including phenoxy) is 1. The number of imide groups is 2. The first-order valence-electron chi connectivity index (χ1n) is 17.0. The molecule has 53 heavy (non-hydrogen) atoms. The SMILES string of the molecule is COc1ccc(C2C3=CCC4C(=O)N(c5cccc(B(O)O)c5)C(=O)C4C3CC3C(=O)N(Nc4ccc(F)cc4)C(=O)C32c2ccc(Cl)cc2)cc1O. The molecule has 4 aromatic rings. The number of hydrazine groups is 1. The first-order chi connectivity index (χ1) is 25.4. The van der Waals surface area contributed by atoms with E-state index in [4.69, 9.17) is 16.3 Å².